The van der Waals surface area contributed by atoms with Crippen molar-refractivity contribution >= 4 is 7.60 Å². The summed E-state index contributed by atoms with van der Waals surface area (Å²) in [5.41, 5.74) is 0. The van der Waals surface area contributed by atoms with Crippen molar-refractivity contribution in [3.63, 3.8) is 0 Å². The molecule has 1 rings (SSSR count). The van der Waals surface area contributed by atoms with E-state index >= 15 is 0 Å². The molecular weight excluding hydrogens is 195 g/mol. The molecule has 2 atom stereocenters. The summed E-state index contributed by atoms with van der Waals surface area (Å²) in [4.78, 5) is 0. The number of epoxide rings is 1. The molecule has 0 bridgehead atoms. The molecule has 1 fully saturated rings. The summed E-state index contributed by atoms with van der Waals surface area (Å²) in [6.45, 7) is 3.96. The van der Waals surface area contributed by atoms with Crippen LogP contribution in [-0.4, -0.2) is 36.9 Å². The van der Waals surface area contributed by atoms with Gasteiger partial charge in [-0.05, 0) is 13.8 Å². The molecule has 13 heavy (non-hydrogen) atoms. The first-order chi connectivity index (χ1) is 6.18. The fourth-order valence-electron chi connectivity index (χ4n) is 1.09. The number of rotatable bonds is 6. The smallest absolute Gasteiger partial charge is 0.361 e. The SMILES string of the molecule is CCOP(=O)(OCC)[C@H]1O[C@@H]1CO. The zero-order valence-corrected chi connectivity index (χ0v) is 8.70. The lowest BCUT2D eigenvalue weighted by Crippen LogP contribution is -2.06. The van der Waals surface area contributed by atoms with Crippen LogP contribution in [-0.2, 0) is 18.3 Å². The largest absolute Gasteiger partial charge is 0.394 e. The summed E-state index contributed by atoms with van der Waals surface area (Å²) in [5.74, 6) is -0.572. The van der Waals surface area contributed by atoms with Gasteiger partial charge < -0.3 is 18.9 Å². The maximum atomic E-state index is 11.9. The van der Waals surface area contributed by atoms with Gasteiger partial charge in [-0.1, -0.05) is 0 Å². The van der Waals surface area contributed by atoms with E-state index in [1.807, 2.05) is 0 Å². The normalized spacial score (nSPS) is 27.6. The Balaban J connectivity index is 2.53. The molecule has 0 aromatic rings. The molecule has 5 nitrogen and oxygen atoms in total. The highest BCUT2D eigenvalue weighted by atomic mass is 31.2. The monoisotopic (exact) mass is 210 g/mol. The Hall–Kier alpha value is 0.0700. The summed E-state index contributed by atoms with van der Waals surface area (Å²) >= 11 is 0. The molecule has 0 spiro atoms. The topological polar surface area (TPSA) is 68.3 Å². The number of ether oxygens (including phenoxy) is 1. The molecule has 1 aliphatic heterocycles. The van der Waals surface area contributed by atoms with Gasteiger partial charge in [-0.2, -0.15) is 0 Å². The molecule has 0 saturated carbocycles. The summed E-state index contributed by atoms with van der Waals surface area (Å²) in [5, 5.41) is 8.72. The zero-order valence-electron chi connectivity index (χ0n) is 7.80. The molecule has 0 aromatic carbocycles. The Labute approximate surface area is 77.5 Å². The first kappa shape index (κ1) is 11.1. The predicted molar refractivity (Wildman–Crippen MR) is 46.6 cm³/mol. The molecule has 78 valence electrons. The van der Waals surface area contributed by atoms with Crippen LogP contribution in [0.2, 0.25) is 0 Å². The van der Waals surface area contributed by atoms with Crippen molar-refractivity contribution in [1.29, 1.82) is 0 Å². The maximum Gasteiger partial charge on any atom is 0.361 e. The second kappa shape index (κ2) is 4.53. The zero-order chi connectivity index (χ0) is 9.90. The lowest BCUT2D eigenvalue weighted by Gasteiger charge is -2.14. The average molecular weight is 210 g/mol. The van der Waals surface area contributed by atoms with Gasteiger partial charge >= 0.3 is 7.60 Å². The molecule has 1 N–H and O–H groups in total. The highest BCUT2D eigenvalue weighted by Gasteiger charge is 2.54. The Kier molecular flexibility index (Phi) is 3.88. The third-order valence-electron chi connectivity index (χ3n) is 1.67. The lowest BCUT2D eigenvalue weighted by atomic mass is 10.5. The van der Waals surface area contributed by atoms with Gasteiger partial charge in [0.1, 0.15) is 6.10 Å². The third-order valence-corrected chi connectivity index (χ3v) is 3.98. The van der Waals surface area contributed by atoms with Crippen molar-refractivity contribution in [2.75, 3.05) is 19.8 Å². The van der Waals surface area contributed by atoms with Crippen LogP contribution < -0.4 is 0 Å². The molecule has 0 unspecified atom stereocenters. The standard InChI is InChI=1S/C7H15O5P/c1-3-10-13(9,11-4-2)7-6(5-8)12-7/h6-8H,3-5H2,1-2H3/t6-,7-/m1/s1. The molecule has 0 amide bonds. The van der Waals surface area contributed by atoms with Crippen LogP contribution in [0.1, 0.15) is 13.8 Å². The van der Waals surface area contributed by atoms with Gasteiger partial charge in [0.15, 0.2) is 5.85 Å². The molecule has 1 heterocycles. The minimum absolute atomic E-state index is 0.144. The van der Waals surface area contributed by atoms with Gasteiger partial charge in [-0.3, -0.25) is 4.57 Å². The Morgan fingerprint density at radius 1 is 1.38 bits per heavy atom. The summed E-state index contributed by atoms with van der Waals surface area (Å²) in [6, 6.07) is 0. The highest BCUT2D eigenvalue weighted by molar-refractivity contribution is 7.54. The van der Waals surface area contributed by atoms with Gasteiger partial charge in [0.05, 0.1) is 19.8 Å². The van der Waals surface area contributed by atoms with Crippen molar-refractivity contribution in [2.24, 2.45) is 0 Å². The van der Waals surface area contributed by atoms with Crippen molar-refractivity contribution in [1.82, 2.24) is 0 Å². The first-order valence-electron chi connectivity index (χ1n) is 4.33. The molecule has 1 saturated heterocycles. The summed E-state index contributed by atoms with van der Waals surface area (Å²) in [7, 11) is -3.14. The summed E-state index contributed by atoms with van der Waals surface area (Å²) in [6.07, 6.45) is -0.385. The van der Waals surface area contributed by atoms with Crippen LogP contribution in [0.25, 0.3) is 0 Å². The van der Waals surface area contributed by atoms with Crippen LogP contribution in [0.15, 0.2) is 0 Å². The van der Waals surface area contributed by atoms with Gasteiger partial charge in [0.2, 0.25) is 0 Å². The molecule has 6 heteroatoms. The van der Waals surface area contributed by atoms with Crippen LogP contribution in [0.5, 0.6) is 0 Å². The van der Waals surface area contributed by atoms with Crippen LogP contribution in [0, 0.1) is 0 Å². The molecule has 0 aliphatic carbocycles. The van der Waals surface area contributed by atoms with E-state index in [0.717, 1.165) is 0 Å². The Morgan fingerprint density at radius 3 is 2.23 bits per heavy atom. The number of hydrogen-bond acceptors (Lipinski definition) is 5. The van der Waals surface area contributed by atoms with E-state index in [9.17, 15) is 4.57 Å². The Bertz CT molecular complexity index is 197. The van der Waals surface area contributed by atoms with Crippen molar-refractivity contribution in [3.05, 3.63) is 0 Å². The quantitative estimate of drug-likeness (QED) is 0.522. The average Bonchev–Trinajstić information content (AvgIpc) is 2.84. The summed E-state index contributed by atoms with van der Waals surface area (Å²) < 4.78 is 26.9. The van der Waals surface area contributed by atoms with Gasteiger partial charge in [-0.25, -0.2) is 0 Å². The third kappa shape index (κ3) is 2.51. The lowest BCUT2D eigenvalue weighted by molar-refractivity contribution is 0.207. The van der Waals surface area contributed by atoms with Crippen LogP contribution in [0.3, 0.4) is 0 Å². The number of aliphatic hydroxyl groups excluding tert-OH is 1. The van der Waals surface area contributed by atoms with Crippen LogP contribution in [0.4, 0.5) is 0 Å². The van der Waals surface area contributed by atoms with Crippen molar-refractivity contribution in [3.8, 4) is 0 Å². The predicted octanol–water partition coefficient (Wildman–Crippen LogP) is 0.970. The van der Waals surface area contributed by atoms with Crippen molar-refractivity contribution in [2.45, 2.75) is 25.8 Å². The minimum Gasteiger partial charge on any atom is -0.394 e. The first-order valence-corrected chi connectivity index (χ1v) is 5.94. The fraction of sp³-hybridized carbons (Fsp3) is 1.00. The van der Waals surface area contributed by atoms with E-state index in [4.69, 9.17) is 18.9 Å². The highest BCUT2D eigenvalue weighted by Crippen LogP contribution is 2.61. The van der Waals surface area contributed by atoms with E-state index in [-0.39, 0.29) is 12.7 Å². The van der Waals surface area contributed by atoms with E-state index in [2.05, 4.69) is 0 Å². The fourth-order valence-corrected chi connectivity index (χ4v) is 2.98. The van der Waals surface area contributed by atoms with E-state index in [0.29, 0.717) is 13.2 Å². The maximum absolute atomic E-state index is 11.9. The van der Waals surface area contributed by atoms with Crippen LogP contribution >= 0.6 is 7.60 Å². The molecule has 0 aromatic heterocycles. The molecule has 0 radical (unpaired) electrons. The minimum atomic E-state index is -3.14. The van der Waals surface area contributed by atoms with E-state index in [1.165, 1.54) is 0 Å². The molecule has 1 aliphatic rings. The van der Waals surface area contributed by atoms with Gasteiger partial charge in [-0.15, -0.1) is 0 Å². The number of aliphatic hydroxyl groups is 1. The number of hydrogen-bond donors (Lipinski definition) is 1. The van der Waals surface area contributed by atoms with E-state index < -0.39 is 13.4 Å². The molecular formula is C7H15O5P. The van der Waals surface area contributed by atoms with E-state index in [1.54, 1.807) is 13.8 Å². The second-order valence-electron chi connectivity index (χ2n) is 2.62. The second-order valence-corrected chi connectivity index (χ2v) is 4.73. The van der Waals surface area contributed by atoms with Gasteiger partial charge in [0, 0.05) is 0 Å². The Morgan fingerprint density at radius 2 is 1.92 bits per heavy atom. The van der Waals surface area contributed by atoms with Crippen molar-refractivity contribution < 1.29 is 23.5 Å². The van der Waals surface area contributed by atoms with Gasteiger partial charge in [0.25, 0.3) is 0 Å².